The highest BCUT2D eigenvalue weighted by atomic mass is 32.2. The zero-order chi connectivity index (χ0) is 12.7. The van der Waals surface area contributed by atoms with Crippen molar-refractivity contribution in [2.24, 2.45) is 5.41 Å². The van der Waals surface area contributed by atoms with E-state index in [2.05, 4.69) is 13.8 Å². The smallest absolute Gasteiger partial charge is 0.371 e. The minimum absolute atomic E-state index is 0.0217. The third kappa shape index (κ3) is 2.50. The largest absolute Gasteiger partial charge is 0.475 e. The molecule has 5 heteroatoms. The molecule has 0 radical (unpaired) electrons. The van der Waals surface area contributed by atoms with E-state index in [4.69, 9.17) is 9.52 Å². The van der Waals surface area contributed by atoms with Crippen LogP contribution in [0.15, 0.2) is 16.5 Å². The number of thioether (sulfide) groups is 1. The molecule has 4 nitrogen and oxygen atoms in total. The normalized spacial score (nSPS) is 27.9. The first-order valence-electron chi connectivity index (χ1n) is 5.46. The third-order valence-corrected chi connectivity index (χ3v) is 4.55. The van der Waals surface area contributed by atoms with Gasteiger partial charge in [-0.05, 0) is 29.7 Å². The molecule has 1 aliphatic heterocycles. The second-order valence-corrected chi connectivity index (χ2v) is 6.32. The Balaban J connectivity index is 2.27. The monoisotopic (exact) mass is 256 g/mol. The number of carboxylic acid groups (broad SMARTS) is 1. The number of hydrogen-bond donors (Lipinski definition) is 2. The molecule has 1 unspecified atom stereocenters. The van der Waals surface area contributed by atoms with Gasteiger partial charge in [-0.3, -0.25) is 0 Å². The van der Waals surface area contributed by atoms with Crippen LogP contribution in [-0.2, 0) is 5.60 Å². The van der Waals surface area contributed by atoms with Crippen molar-refractivity contribution in [2.45, 2.75) is 25.9 Å². The van der Waals surface area contributed by atoms with Crippen molar-refractivity contribution in [2.75, 3.05) is 11.5 Å². The summed E-state index contributed by atoms with van der Waals surface area (Å²) >= 11 is 1.66. The molecule has 1 aromatic heterocycles. The van der Waals surface area contributed by atoms with Crippen molar-refractivity contribution >= 4 is 17.7 Å². The van der Waals surface area contributed by atoms with Crippen molar-refractivity contribution in [3.63, 3.8) is 0 Å². The molecule has 2 rings (SSSR count). The van der Waals surface area contributed by atoms with Crippen LogP contribution in [0.1, 0.15) is 36.6 Å². The summed E-state index contributed by atoms with van der Waals surface area (Å²) in [6, 6.07) is 2.95. The molecule has 0 aromatic carbocycles. The summed E-state index contributed by atoms with van der Waals surface area (Å²) in [6.45, 7) is 4.18. The van der Waals surface area contributed by atoms with Crippen LogP contribution in [0.4, 0.5) is 0 Å². The summed E-state index contributed by atoms with van der Waals surface area (Å²) in [4.78, 5) is 10.7. The molecular formula is C12H16O4S. The minimum Gasteiger partial charge on any atom is -0.475 e. The van der Waals surface area contributed by atoms with Gasteiger partial charge in [0.1, 0.15) is 11.4 Å². The predicted octanol–water partition coefficient (Wildman–Crippen LogP) is 2.33. The highest BCUT2D eigenvalue weighted by Crippen LogP contribution is 2.44. The van der Waals surface area contributed by atoms with Crippen LogP contribution in [0.25, 0.3) is 0 Å². The lowest BCUT2D eigenvalue weighted by Gasteiger charge is -2.39. The van der Waals surface area contributed by atoms with E-state index in [1.54, 1.807) is 17.8 Å². The first-order valence-corrected chi connectivity index (χ1v) is 6.62. The maximum absolute atomic E-state index is 10.7. The van der Waals surface area contributed by atoms with Gasteiger partial charge in [-0.2, -0.15) is 11.8 Å². The van der Waals surface area contributed by atoms with E-state index in [0.717, 1.165) is 5.75 Å². The zero-order valence-corrected chi connectivity index (χ0v) is 10.7. The van der Waals surface area contributed by atoms with Crippen molar-refractivity contribution in [3.05, 3.63) is 23.7 Å². The molecule has 0 saturated carbocycles. The first-order chi connectivity index (χ1) is 7.82. The fourth-order valence-corrected chi connectivity index (χ4v) is 3.59. The summed E-state index contributed by atoms with van der Waals surface area (Å²) in [7, 11) is 0. The fraction of sp³-hybridized carbons (Fsp3) is 0.583. The maximum atomic E-state index is 10.7. The van der Waals surface area contributed by atoms with Crippen LogP contribution in [0.3, 0.4) is 0 Å². The fourth-order valence-electron chi connectivity index (χ4n) is 2.25. The number of hydrogen-bond acceptors (Lipinski definition) is 4. The molecule has 1 saturated heterocycles. The molecule has 2 N–H and O–H groups in total. The molecule has 0 aliphatic carbocycles. The number of carboxylic acids is 1. The van der Waals surface area contributed by atoms with E-state index in [1.165, 1.54) is 6.07 Å². The van der Waals surface area contributed by atoms with E-state index < -0.39 is 11.6 Å². The van der Waals surface area contributed by atoms with Crippen LogP contribution in [0.5, 0.6) is 0 Å². The molecule has 1 atom stereocenters. The van der Waals surface area contributed by atoms with E-state index in [0.29, 0.717) is 17.9 Å². The van der Waals surface area contributed by atoms with Crippen LogP contribution in [0.2, 0.25) is 0 Å². The van der Waals surface area contributed by atoms with Gasteiger partial charge in [-0.1, -0.05) is 13.8 Å². The lowest BCUT2D eigenvalue weighted by molar-refractivity contribution is -0.00451. The summed E-state index contributed by atoms with van der Waals surface area (Å²) in [5, 5.41) is 19.4. The minimum atomic E-state index is -1.11. The summed E-state index contributed by atoms with van der Waals surface area (Å²) in [5.41, 5.74) is -1.03. The molecule has 17 heavy (non-hydrogen) atoms. The van der Waals surface area contributed by atoms with Crippen LogP contribution in [-0.4, -0.2) is 27.7 Å². The van der Waals surface area contributed by atoms with Crippen molar-refractivity contribution in [1.29, 1.82) is 0 Å². The number of aromatic carboxylic acids is 1. The SMILES string of the molecule is CC1(C)CSCC(O)(c2ccc(C(=O)O)o2)C1. The molecule has 0 bridgehead atoms. The Hall–Kier alpha value is -0.940. The molecule has 1 aliphatic rings. The van der Waals surface area contributed by atoms with Gasteiger partial charge < -0.3 is 14.6 Å². The van der Waals surface area contributed by atoms with Crippen molar-refractivity contribution < 1.29 is 19.4 Å². The zero-order valence-electron chi connectivity index (χ0n) is 9.90. The van der Waals surface area contributed by atoms with Gasteiger partial charge in [-0.25, -0.2) is 4.79 Å². The number of aliphatic hydroxyl groups is 1. The Morgan fingerprint density at radius 3 is 2.65 bits per heavy atom. The molecule has 0 spiro atoms. The Bertz CT molecular complexity index is 437. The topological polar surface area (TPSA) is 70.7 Å². The average molecular weight is 256 g/mol. The summed E-state index contributed by atoms with van der Waals surface area (Å²) < 4.78 is 5.22. The highest BCUT2D eigenvalue weighted by Gasteiger charge is 2.42. The lowest BCUT2D eigenvalue weighted by Crippen LogP contribution is -2.39. The molecule has 94 valence electrons. The standard InChI is InChI=1S/C12H16O4S/c1-11(2)5-12(15,7-17-6-11)9-4-3-8(16-9)10(13)14/h3-4,15H,5-7H2,1-2H3,(H,13,14). The third-order valence-electron chi connectivity index (χ3n) is 2.88. The van der Waals surface area contributed by atoms with E-state index in [-0.39, 0.29) is 11.2 Å². The Labute approximate surface area is 104 Å². The van der Waals surface area contributed by atoms with Gasteiger partial charge in [0.15, 0.2) is 0 Å². The number of carbonyl (C=O) groups is 1. The van der Waals surface area contributed by atoms with Crippen molar-refractivity contribution in [3.8, 4) is 0 Å². The Kier molecular flexibility index (Phi) is 2.99. The second-order valence-electron chi connectivity index (χ2n) is 5.33. The molecule has 0 amide bonds. The van der Waals surface area contributed by atoms with E-state index in [1.807, 2.05) is 0 Å². The molecular weight excluding hydrogens is 240 g/mol. The van der Waals surface area contributed by atoms with Crippen LogP contribution in [0, 0.1) is 5.41 Å². The predicted molar refractivity (Wildman–Crippen MR) is 65.3 cm³/mol. The van der Waals surface area contributed by atoms with Crippen molar-refractivity contribution in [1.82, 2.24) is 0 Å². The van der Waals surface area contributed by atoms with Gasteiger partial charge in [0.2, 0.25) is 5.76 Å². The molecule has 1 aromatic rings. The molecule has 2 heterocycles. The van der Waals surface area contributed by atoms with E-state index in [9.17, 15) is 9.90 Å². The van der Waals surface area contributed by atoms with Gasteiger partial charge in [0.25, 0.3) is 0 Å². The highest BCUT2D eigenvalue weighted by molar-refractivity contribution is 7.99. The first kappa shape index (κ1) is 12.5. The van der Waals surface area contributed by atoms with Gasteiger partial charge >= 0.3 is 5.97 Å². The average Bonchev–Trinajstić information content (AvgIpc) is 2.64. The maximum Gasteiger partial charge on any atom is 0.371 e. The Morgan fingerprint density at radius 1 is 1.41 bits per heavy atom. The second kappa shape index (κ2) is 4.07. The van der Waals surface area contributed by atoms with Crippen LogP contribution < -0.4 is 0 Å². The van der Waals surface area contributed by atoms with Gasteiger partial charge in [-0.15, -0.1) is 0 Å². The van der Waals surface area contributed by atoms with Gasteiger partial charge in [0.05, 0.1) is 0 Å². The van der Waals surface area contributed by atoms with E-state index >= 15 is 0 Å². The lowest BCUT2D eigenvalue weighted by atomic mass is 9.81. The number of rotatable bonds is 2. The van der Waals surface area contributed by atoms with Crippen LogP contribution >= 0.6 is 11.8 Å². The number of furan rings is 1. The quantitative estimate of drug-likeness (QED) is 0.849. The summed E-state index contributed by atoms with van der Waals surface area (Å²) in [5.74, 6) is 0.657. The Morgan fingerprint density at radius 2 is 2.12 bits per heavy atom. The molecule has 1 fully saturated rings. The summed E-state index contributed by atoms with van der Waals surface area (Å²) in [6.07, 6.45) is 0.583. The van der Waals surface area contributed by atoms with Gasteiger partial charge in [0, 0.05) is 5.75 Å².